The van der Waals surface area contributed by atoms with Gasteiger partial charge in [-0.05, 0) is 18.2 Å². The van der Waals surface area contributed by atoms with E-state index in [0.29, 0.717) is 17.1 Å². The number of benzene rings is 2. The van der Waals surface area contributed by atoms with Crippen LogP contribution in [0.15, 0.2) is 42.5 Å². The average molecular weight is 262 g/mol. The molecule has 0 saturated heterocycles. The summed E-state index contributed by atoms with van der Waals surface area (Å²) < 4.78 is 18.3. The maximum absolute atomic E-state index is 13.3. The van der Waals surface area contributed by atoms with Gasteiger partial charge in [0.1, 0.15) is 11.6 Å². The predicted octanol–water partition coefficient (Wildman–Crippen LogP) is 3.49. The van der Waals surface area contributed by atoms with Crippen molar-refractivity contribution in [2.24, 2.45) is 0 Å². The van der Waals surface area contributed by atoms with Gasteiger partial charge in [-0.25, -0.2) is 4.39 Å². The minimum atomic E-state index is -0.667. The van der Waals surface area contributed by atoms with Crippen LogP contribution in [0.2, 0.25) is 0 Å². The van der Waals surface area contributed by atoms with Crippen LogP contribution in [-0.2, 0) is 0 Å². The van der Waals surface area contributed by atoms with Crippen LogP contribution in [0.25, 0.3) is 0 Å². The summed E-state index contributed by atoms with van der Waals surface area (Å²) in [5, 5.41) is 13.5. The molecule has 0 fully saturated rings. The second-order valence-corrected chi connectivity index (χ2v) is 3.81. The standard InChI is InChI=1S/C13H11FN2O3/c1-19-13-4-2-3-10(8-13)15-11-5-9(14)6-12(7-11)16(17)18/h2-8,15H,1H3. The fraction of sp³-hybridized carbons (Fsp3) is 0.0769. The smallest absolute Gasteiger partial charge is 0.274 e. The highest BCUT2D eigenvalue weighted by molar-refractivity contribution is 5.63. The summed E-state index contributed by atoms with van der Waals surface area (Å²) >= 11 is 0. The van der Waals surface area contributed by atoms with Gasteiger partial charge in [-0.3, -0.25) is 10.1 Å². The summed E-state index contributed by atoms with van der Waals surface area (Å²) in [6.45, 7) is 0. The minimum Gasteiger partial charge on any atom is -0.497 e. The van der Waals surface area contributed by atoms with Crippen molar-refractivity contribution in [1.82, 2.24) is 0 Å². The van der Waals surface area contributed by atoms with E-state index in [-0.39, 0.29) is 5.69 Å². The van der Waals surface area contributed by atoms with Crippen LogP contribution in [0.1, 0.15) is 0 Å². The topological polar surface area (TPSA) is 64.4 Å². The van der Waals surface area contributed by atoms with E-state index in [1.807, 2.05) is 0 Å². The first-order valence-corrected chi connectivity index (χ1v) is 5.44. The lowest BCUT2D eigenvalue weighted by molar-refractivity contribution is -0.385. The highest BCUT2D eigenvalue weighted by Crippen LogP contribution is 2.25. The van der Waals surface area contributed by atoms with Crippen molar-refractivity contribution < 1.29 is 14.1 Å². The molecule has 0 atom stereocenters. The van der Waals surface area contributed by atoms with E-state index >= 15 is 0 Å². The Kier molecular flexibility index (Phi) is 3.61. The molecule has 0 aliphatic rings. The lowest BCUT2D eigenvalue weighted by Crippen LogP contribution is -1.95. The van der Waals surface area contributed by atoms with Gasteiger partial charge in [0.15, 0.2) is 0 Å². The van der Waals surface area contributed by atoms with Crippen molar-refractivity contribution >= 4 is 17.1 Å². The Morgan fingerprint density at radius 1 is 1.21 bits per heavy atom. The zero-order chi connectivity index (χ0) is 13.8. The lowest BCUT2D eigenvalue weighted by Gasteiger charge is -2.08. The summed E-state index contributed by atoms with van der Waals surface area (Å²) in [5.41, 5.74) is 0.657. The first kappa shape index (κ1) is 12.8. The summed E-state index contributed by atoms with van der Waals surface area (Å²) in [4.78, 5) is 10.0. The Labute approximate surface area is 108 Å². The van der Waals surface area contributed by atoms with Crippen molar-refractivity contribution in [1.29, 1.82) is 0 Å². The van der Waals surface area contributed by atoms with Gasteiger partial charge in [-0.1, -0.05) is 6.07 Å². The molecule has 0 spiro atoms. The van der Waals surface area contributed by atoms with Crippen LogP contribution in [0.3, 0.4) is 0 Å². The van der Waals surface area contributed by atoms with E-state index in [0.717, 1.165) is 6.07 Å². The molecule has 0 aliphatic heterocycles. The molecule has 0 bridgehead atoms. The number of hydrogen-bond acceptors (Lipinski definition) is 4. The number of non-ortho nitro benzene ring substituents is 1. The van der Waals surface area contributed by atoms with Crippen molar-refractivity contribution in [2.75, 3.05) is 12.4 Å². The second-order valence-electron chi connectivity index (χ2n) is 3.81. The van der Waals surface area contributed by atoms with Crippen LogP contribution >= 0.6 is 0 Å². The number of nitrogens with one attached hydrogen (secondary N) is 1. The first-order valence-electron chi connectivity index (χ1n) is 5.44. The third kappa shape index (κ3) is 3.19. The third-order valence-electron chi connectivity index (χ3n) is 2.45. The van der Waals surface area contributed by atoms with Gasteiger partial charge in [-0.15, -0.1) is 0 Å². The number of rotatable bonds is 4. The molecule has 0 amide bonds. The van der Waals surface area contributed by atoms with Crippen molar-refractivity contribution in [3.8, 4) is 5.75 Å². The maximum atomic E-state index is 13.3. The second kappa shape index (κ2) is 5.34. The van der Waals surface area contributed by atoms with Crippen LogP contribution in [0, 0.1) is 15.9 Å². The fourth-order valence-corrected chi connectivity index (χ4v) is 1.62. The van der Waals surface area contributed by atoms with Gasteiger partial charge < -0.3 is 10.1 Å². The molecular formula is C13H11FN2O3. The molecule has 5 nitrogen and oxygen atoms in total. The molecule has 0 unspecified atom stereocenters. The molecule has 0 heterocycles. The van der Waals surface area contributed by atoms with E-state index in [2.05, 4.69) is 5.32 Å². The summed E-state index contributed by atoms with van der Waals surface area (Å²) in [6.07, 6.45) is 0. The molecule has 2 aromatic rings. The molecule has 6 heteroatoms. The average Bonchev–Trinajstić information content (AvgIpc) is 2.38. The van der Waals surface area contributed by atoms with E-state index < -0.39 is 10.7 Å². The van der Waals surface area contributed by atoms with Crippen LogP contribution in [0.5, 0.6) is 5.75 Å². The number of nitro benzene ring substituents is 1. The first-order chi connectivity index (χ1) is 9.08. The predicted molar refractivity (Wildman–Crippen MR) is 69.3 cm³/mol. The number of halogens is 1. The quantitative estimate of drug-likeness (QED) is 0.676. The molecule has 1 N–H and O–H groups in total. The zero-order valence-corrected chi connectivity index (χ0v) is 10.1. The molecular weight excluding hydrogens is 251 g/mol. The van der Waals surface area contributed by atoms with E-state index in [1.165, 1.54) is 19.2 Å². The lowest BCUT2D eigenvalue weighted by atomic mass is 10.2. The Bertz CT molecular complexity index is 617. The largest absolute Gasteiger partial charge is 0.497 e. The van der Waals surface area contributed by atoms with Gasteiger partial charge >= 0.3 is 0 Å². The number of hydrogen-bond donors (Lipinski definition) is 1. The number of ether oxygens (including phenoxy) is 1. The van der Waals surface area contributed by atoms with E-state index in [4.69, 9.17) is 4.74 Å². The van der Waals surface area contributed by atoms with Gasteiger partial charge in [0, 0.05) is 23.5 Å². The summed E-state index contributed by atoms with van der Waals surface area (Å²) in [7, 11) is 1.53. The van der Waals surface area contributed by atoms with Crippen molar-refractivity contribution in [3.05, 3.63) is 58.4 Å². The highest BCUT2D eigenvalue weighted by atomic mass is 19.1. The molecule has 98 valence electrons. The zero-order valence-electron chi connectivity index (χ0n) is 10.1. The fourth-order valence-electron chi connectivity index (χ4n) is 1.62. The normalized spacial score (nSPS) is 10.0. The summed E-state index contributed by atoms with van der Waals surface area (Å²) in [5.74, 6) is -0.0319. The third-order valence-corrected chi connectivity index (χ3v) is 2.45. The minimum absolute atomic E-state index is 0.301. The molecule has 0 aliphatic carbocycles. The summed E-state index contributed by atoms with van der Waals surface area (Å²) in [6, 6.07) is 10.3. The maximum Gasteiger partial charge on any atom is 0.274 e. The van der Waals surface area contributed by atoms with E-state index in [1.54, 1.807) is 24.3 Å². The van der Waals surface area contributed by atoms with Crippen LogP contribution in [0.4, 0.5) is 21.5 Å². The van der Waals surface area contributed by atoms with Gasteiger partial charge in [0.05, 0.1) is 18.1 Å². The molecule has 2 aromatic carbocycles. The Balaban J connectivity index is 2.29. The van der Waals surface area contributed by atoms with Gasteiger partial charge in [0.2, 0.25) is 0 Å². The Hall–Kier alpha value is -2.63. The molecule has 2 rings (SSSR count). The molecule has 0 saturated carbocycles. The molecule has 0 radical (unpaired) electrons. The van der Waals surface area contributed by atoms with Crippen molar-refractivity contribution in [3.63, 3.8) is 0 Å². The number of nitro groups is 1. The highest BCUT2D eigenvalue weighted by Gasteiger charge is 2.10. The van der Waals surface area contributed by atoms with E-state index in [9.17, 15) is 14.5 Å². The van der Waals surface area contributed by atoms with Gasteiger partial charge in [-0.2, -0.15) is 0 Å². The number of anilines is 2. The van der Waals surface area contributed by atoms with Crippen LogP contribution in [-0.4, -0.2) is 12.0 Å². The van der Waals surface area contributed by atoms with Gasteiger partial charge in [0.25, 0.3) is 5.69 Å². The van der Waals surface area contributed by atoms with Crippen molar-refractivity contribution in [2.45, 2.75) is 0 Å². The monoisotopic (exact) mass is 262 g/mol. The Morgan fingerprint density at radius 2 is 2.00 bits per heavy atom. The SMILES string of the molecule is COc1cccc(Nc2cc(F)cc([N+](=O)[O-])c2)c1. The number of methoxy groups -OCH3 is 1. The molecule has 19 heavy (non-hydrogen) atoms. The van der Waals surface area contributed by atoms with Crippen LogP contribution < -0.4 is 10.1 Å². The number of nitrogens with zero attached hydrogens (tertiary/aromatic N) is 1. The Morgan fingerprint density at radius 3 is 2.68 bits per heavy atom. The molecule has 0 aromatic heterocycles.